The Morgan fingerprint density at radius 2 is 1.25 bits per heavy atom. The molecule has 4 aromatic rings. The van der Waals surface area contributed by atoms with Crippen LogP contribution >= 0.6 is 19.0 Å². The van der Waals surface area contributed by atoms with Gasteiger partial charge in [-0.05, 0) is 55.5 Å². The van der Waals surface area contributed by atoms with Crippen LogP contribution in [0.1, 0.15) is 19.2 Å². The molecule has 1 heterocycles. The summed E-state index contributed by atoms with van der Waals surface area (Å²) in [6, 6.07) is 31.4. The Kier molecular flexibility index (Phi) is 8.69. The number of hydrogen-bond acceptors (Lipinski definition) is 3. The fourth-order valence-electron chi connectivity index (χ4n) is 3.94. The number of benzene rings is 3. The molecule has 1 N–H and O–H groups in total. The van der Waals surface area contributed by atoms with E-state index < -0.39 is 7.26 Å². The van der Waals surface area contributed by atoms with Crippen LogP contribution in [0.25, 0.3) is 0 Å². The third kappa shape index (κ3) is 4.70. The zero-order valence-electron chi connectivity index (χ0n) is 18.2. The first kappa shape index (κ1) is 24.7. The van der Waals surface area contributed by atoms with Gasteiger partial charge in [0.2, 0.25) is 5.30 Å². The van der Waals surface area contributed by atoms with Gasteiger partial charge in [-0.25, -0.2) is 4.98 Å². The van der Waals surface area contributed by atoms with Crippen molar-refractivity contribution in [1.82, 2.24) is 9.97 Å². The van der Waals surface area contributed by atoms with Crippen LogP contribution < -0.4 is 50.8 Å². The molecule has 6 heteroatoms. The second-order valence-corrected chi connectivity index (χ2v) is 11.8. The number of aromatic amines is 1. The number of halogens is 1. The van der Waals surface area contributed by atoms with Crippen molar-refractivity contribution < 1.29 is 24.0 Å². The van der Waals surface area contributed by atoms with E-state index in [4.69, 9.17) is 4.98 Å². The number of aromatic nitrogens is 2. The van der Waals surface area contributed by atoms with Gasteiger partial charge in [0.25, 0.3) is 5.56 Å². The van der Waals surface area contributed by atoms with E-state index in [1.54, 1.807) is 11.8 Å². The van der Waals surface area contributed by atoms with Crippen molar-refractivity contribution >= 4 is 40.2 Å². The summed E-state index contributed by atoms with van der Waals surface area (Å²) in [5.74, 6) is 1.57. The number of hydrogen-bond donors (Lipinski definition) is 1. The summed E-state index contributed by atoms with van der Waals surface area (Å²) in [5, 5.41) is 5.10. The van der Waals surface area contributed by atoms with Crippen molar-refractivity contribution in [2.75, 3.05) is 5.75 Å². The van der Waals surface area contributed by atoms with Gasteiger partial charge in [-0.2, -0.15) is 0 Å². The number of nitrogens with one attached hydrogen (secondary N) is 1. The smallest absolute Gasteiger partial charge is 0.295 e. The quantitative estimate of drug-likeness (QED) is 0.157. The molecule has 0 fully saturated rings. The maximum atomic E-state index is 13.7. The van der Waals surface area contributed by atoms with Crippen molar-refractivity contribution in [3.63, 3.8) is 0 Å². The summed E-state index contributed by atoms with van der Waals surface area (Å²) in [6.07, 6.45) is 1.02. The lowest BCUT2D eigenvalue weighted by Gasteiger charge is -2.27. The molecule has 3 aromatic carbocycles. The molecule has 0 saturated heterocycles. The summed E-state index contributed by atoms with van der Waals surface area (Å²) < 4.78 is 0. The number of nitrogens with zero attached hydrogens (tertiary/aromatic N) is 1. The van der Waals surface area contributed by atoms with E-state index >= 15 is 0 Å². The van der Waals surface area contributed by atoms with Crippen LogP contribution in [-0.2, 0) is 0 Å². The van der Waals surface area contributed by atoms with Gasteiger partial charge in [0.15, 0.2) is 7.26 Å². The summed E-state index contributed by atoms with van der Waals surface area (Å²) in [7, 11) is -2.47. The third-order valence-electron chi connectivity index (χ3n) is 5.19. The molecule has 4 rings (SSSR count). The average Bonchev–Trinajstić information content (AvgIpc) is 2.81. The number of rotatable bonds is 7. The summed E-state index contributed by atoms with van der Waals surface area (Å²) in [6.45, 7) is 4.01. The van der Waals surface area contributed by atoms with Gasteiger partial charge in [0.1, 0.15) is 26.8 Å². The molecular weight excluding hydrogens is 546 g/mol. The Morgan fingerprint density at radius 1 is 0.812 bits per heavy atom. The molecule has 0 unspecified atom stereocenters. The van der Waals surface area contributed by atoms with E-state index in [1.165, 1.54) is 0 Å². The van der Waals surface area contributed by atoms with Crippen molar-refractivity contribution in [2.45, 2.75) is 25.3 Å². The lowest BCUT2D eigenvalue weighted by atomic mass is 10.4. The maximum Gasteiger partial charge on any atom is 0.295 e. The van der Waals surface area contributed by atoms with Gasteiger partial charge < -0.3 is 29.0 Å². The largest absolute Gasteiger partial charge is 1.00 e. The standard InChI is InChI=1S/C26H25N2OPS.HI/c1-3-19-31-26-24(25(29)27-20(2)28-26)30(21-13-7-4-8-14-21,22-15-9-5-10-16-22)23-17-11-6-12-18-23;/h4-18H,3,19H2,1-2H3;1H. The van der Waals surface area contributed by atoms with E-state index in [-0.39, 0.29) is 29.5 Å². The highest BCUT2D eigenvalue weighted by Crippen LogP contribution is 2.54. The van der Waals surface area contributed by atoms with Gasteiger partial charge >= 0.3 is 0 Å². The molecule has 0 saturated carbocycles. The summed E-state index contributed by atoms with van der Waals surface area (Å²) in [4.78, 5) is 21.6. The minimum absolute atomic E-state index is 0. The zero-order valence-corrected chi connectivity index (χ0v) is 22.0. The molecule has 0 amide bonds. The molecular formula is C26H26IN2OPS. The molecule has 0 aliphatic heterocycles. The summed E-state index contributed by atoms with van der Waals surface area (Å²) in [5.41, 5.74) is -0.0454. The normalized spacial score (nSPS) is 11.1. The third-order valence-corrected chi connectivity index (χ3v) is 10.8. The highest BCUT2D eigenvalue weighted by Gasteiger charge is 2.52. The van der Waals surface area contributed by atoms with Gasteiger partial charge in [0.05, 0.1) is 0 Å². The Morgan fingerprint density at radius 3 is 1.66 bits per heavy atom. The van der Waals surface area contributed by atoms with Gasteiger partial charge in [0, 0.05) is 0 Å². The van der Waals surface area contributed by atoms with Crippen molar-refractivity contribution in [3.8, 4) is 0 Å². The Balaban J connectivity index is 0.00000289. The lowest BCUT2D eigenvalue weighted by Crippen LogP contribution is -3.00. The van der Waals surface area contributed by atoms with Crippen LogP contribution in [0.4, 0.5) is 0 Å². The first-order valence-electron chi connectivity index (χ1n) is 10.5. The van der Waals surface area contributed by atoms with Crippen LogP contribution in [-0.4, -0.2) is 15.7 Å². The molecule has 0 aliphatic carbocycles. The Bertz CT molecular complexity index is 1100. The van der Waals surface area contributed by atoms with E-state index in [0.717, 1.165) is 38.4 Å². The Hall–Kier alpha value is -1.95. The average molecular weight is 572 g/mol. The highest BCUT2D eigenvalue weighted by atomic mass is 127. The van der Waals surface area contributed by atoms with Crippen LogP contribution in [0, 0.1) is 6.92 Å². The number of thioether (sulfide) groups is 1. The second kappa shape index (κ2) is 11.3. The zero-order chi connectivity index (χ0) is 21.7. The van der Waals surface area contributed by atoms with Crippen LogP contribution in [0.3, 0.4) is 0 Å². The molecule has 1 aromatic heterocycles. The van der Waals surface area contributed by atoms with Crippen molar-refractivity contribution in [1.29, 1.82) is 0 Å². The van der Waals surface area contributed by atoms with Crippen molar-refractivity contribution in [2.24, 2.45) is 0 Å². The van der Waals surface area contributed by atoms with E-state index in [1.807, 2.05) is 25.1 Å². The molecule has 0 radical (unpaired) electrons. The molecule has 164 valence electrons. The van der Waals surface area contributed by atoms with Gasteiger partial charge in [-0.15, -0.1) is 11.8 Å². The minimum atomic E-state index is -2.47. The SMILES string of the molecule is CCCSc1nc(C)[nH]c(=O)c1[P+](c1ccccc1)(c1ccccc1)c1ccccc1.[I-]. The fraction of sp³-hybridized carbons (Fsp3) is 0.154. The molecule has 32 heavy (non-hydrogen) atoms. The van der Waals surface area contributed by atoms with E-state index in [2.05, 4.69) is 84.7 Å². The molecule has 3 nitrogen and oxygen atoms in total. The predicted molar refractivity (Wildman–Crippen MR) is 135 cm³/mol. The van der Waals surface area contributed by atoms with Gasteiger partial charge in [-0.1, -0.05) is 61.5 Å². The van der Waals surface area contributed by atoms with Crippen molar-refractivity contribution in [3.05, 3.63) is 107 Å². The van der Waals surface area contributed by atoms with Crippen LogP contribution in [0.5, 0.6) is 0 Å². The van der Waals surface area contributed by atoms with E-state index in [0.29, 0.717) is 5.82 Å². The fourth-order valence-corrected chi connectivity index (χ4v) is 9.60. The van der Waals surface area contributed by atoms with Crippen LogP contribution in [0.15, 0.2) is 101 Å². The molecule has 0 atom stereocenters. The van der Waals surface area contributed by atoms with E-state index in [9.17, 15) is 4.79 Å². The predicted octanol–water partition coefficient (Wildman–Crippen LogP) is 1.20. The monoisotopic (exact) mass is 572 g/mol. The maximum absolute atomic E-state index is 13.7. The number of aryl methyl sites for hydroxylation is 1. The first-order valence-corrected chi connectivity index (χ1v) is 13.3. The summed E-state index contributed by atoms with van der Waals surface area (Å²) >= 11 is 1.68. The highest BCUT2D eigenvalue weighted by molar-refractivity contribution is 8.04. The Labute approximate surface area is 211 Å². The van der Waals surface area contributed by atoms with Crippen LogP contribution in [0.2, 0.25) is 0 Å². The molecule has 0 aliphatic rings. The van der Waals surface area contributed by atoms with Gasteiger partial charge in [-0.3, -0.25) is 4.79 Å². The first-order chi connectivity index (χ1) is 15.2. The second-order valence-electron chi connectivity index (χ2n) is 7.33. The molecule has 0 bridgehead atoms. The molecule has 0 spiro atoms. The number of H-pyrrole nitrogens is 1. The lowest BCUT2D eigenvalue weighted by molar-refractivity contribution is -0.00000634. The topological polar surface area (TPSA) is 45.8 Å². The minimum Gasteiger partial charge on any atom is -1.00 e.